The molecule has 3 atom stereocenters. The third-order valence-electron chi connectivity index (χ3n) is 4.10. The molecular weight excluding hydrogens is 302 g/mol. The van der Waals surface area contributed by atoms with Gasteiger partial charge in [-0.15, -0.1) is 0 Å². The lowest BCUT2D eigenvalue weighted by Crippen LogP contribution is -2.48. The summed E-state index contributed by atoms with van der Waals surface area (Å²) < 4.78 is 141. The Balaban J connectivity index is 2.25. The third kappa shape index (κ3) is 3.40. The van der Waals surface area contributed by atoms with Gasteiger partial charge in [0.25, 0.3) is 0 Å². The van der Waals surface area contributed by atoms with Crippen molar-refractivity contribution in [2.24, 2.45) is 11.3 Å². The van der Waals surface area contributed by atoms with Crippen LogP contribution < -0.4 is 9.47 Å². The van der Waals surface area contributed by atoms with Gasteiger partial charge in [-0.2, -0.15) is 0 Å². The molecule has 2 aliphatic heterocycles. The van der Waals surface area contributed by atoms with Crippen LogP contribution in [0.4, 0.5) is 0 Å². The van der Waals surface area contributed by atoms with Crippen molar-refractivity contribution in [2.75, 3.05) is 27.2 Å². The Hall–Kier alpha value is -1.26. The van der Waals surface area contributed by atoms with Crippen LogP contribution >= 0.6 is 0 Å². The van der Waals surface area contributed by atoms with Crippen LogP contribution in [0.15, 0.2) is 12.1 Å². The zero-order chi connectivity index (χ0) is 31.3. The highest BCUT2D eigenvalue weighted by Gasteiger charge is 2.39. The summed E-state index contributed by atoms with van der Waals surface area (Å²) in [5, 5.41) is 11.2. The van der Waals surface area contributed by atoms with Crippen molar-refractivity contribution in [2.45, 2.75) is 51.9 Å². The minimum atomic E-state index is -3.40. The topological polar surface area (TPSA) is 41.9 Å². The number of fused-ring (bicyclic) bond motifs is 3. The molecule has 3 unspecified atom stereocenters. The van der Waals surface area contributed by atoms with Gasteiger partial charge < -0.3 is 14.6 Å². The van der Waals surface area contributed by atoms with Gasteiger partial charge in [0.2, 0.25) is 0 Å². The number of hydrogen-bond donors (Lipinski definition) is 1. The molecule has 4 nitrogen and oxygen atoms in total. The van der Waals surface area contributed by atoms with E-state index in [1.807, 2.05) is 0 Å². The van der Waals surface area contributed by atoms with Gasteiger partial charge in [-0.25, -0.2) is 0 Å². The highest BCUT2D eigenvalue weighted by atomic mass is 16.5. The van der Waals surface area contributed by atoms with E-state index in [-0.39, 0.29) is 11.3 Å². The lowest BCUT2D eigenvalue weighted by Gasteiger charge is -2.47. The maximum atomic E-state index is 11.2. The van der Waals surface area contributed by atoms with Crippen LogP contribution in [0.25, 0.3) is 0 Å². The van der Waals surface area contributed by atoms with Crippen molar-refractivity contribution in [3.63, 3.8) is 0 Å². The highest BCUT2D eigenvalue weighted by molar-refractivity contribution is 5.49. The lowest BCUT2D eigenvalue weighted by molar-refractivity contribution is -0.0259. The van der Waals surface area contributed by atoms with Gasteiger partial charge in [-0.05, 0) is 53.8 Å². The largest absolute Gasteiger partial charge is 0.493 e. The minimum absolute atomic E-state index is 0.227. The molecule has 0 spiro atoms. The van der Waals surface area contributed by atoms with Crippen molar-refractivity contribution < 1.29 is 36.5 Å². The highest BCUT2D eigenvalue weighted by Crippen LogP contribution is 2.44. The van der Waals surface area contributed by atoms with E-state index in [0.717, 1.165) is 19.2 Å². The van der Waals surface area contributed by atoms with Gasteiger partial charge in [0.15, 0.2) is 11.5 Å². The number of hydrogen-bond acceptors (Lipinski definition) is 4. The Labute approximate surface area is 168 Å². The van der Waals surface area contributed by atoms with E-state index in [1.54, 1.807) is 0 Å². The van der Waals surface area contributed by atoms with Gasteiger partial charge in [-0.3, -0.25) is 4.90 Å². The van der Waals surface area contributed by atoms with E-state index >= 15 is 0 Å². The van der Waals surface area contributed by atoms with E-state index in [4.69, 9.17) is 30.0 Å². The van der Waals surface area contributed by atoms with Crippen LogP contribution in [0.1, 0.15) is 72.5 Å². The molecule has 1 saturated heterocycles. The number of methoxy groups -OCH3 is 2. The second-order valence-corrected chi connectivity index (χ2v) is 6.09. The van der Waals surface area contributed by atoms with Crippen molar-refractivity contribution in [1.29, 1.82) is 0 Å². The summed E-state index contributed by atoms with van der Waals surface area (Å²) >= 11 is 0. The van der Waals surface area contributed by atoms with Crippen molar-refractivity contribution in [3.8, 4) is 11.5 Å². The summed E-state index contributed by atoms with van der Waals surface area (Å²) in [6.45, 7) is -10.1. The monoisotopic (exact) mass is 349 g/mol. The predicted molar refractivity (Wildman–Crippen MR) is 95.7 cm³/mol. The SMILES string of the molecule is [2H]C([2H])([2H])Oc1cc2c(cc1OC)C1([2H])CC(O)C(C([2H])([2H])C(C)(C([2H])([2H])[2H])C([2H])([2H])[2H])CN1C([2H])([2H])C2([2H])[2H]. The van der Waals surface area contributed by atoms with Crippen molar-refractivity contribution in [1.82, 2.24) is 4.90 Å². The first kappa shape index (κ1) is 6.48. The summed E-state index contributed by atoms with van der Waals surface area (Å²) in [6, 6.07) is -0.303. The smallest absolute Gasteiger partial charge is 0.161 e. The molecule has 0 bridgehead atoms. The Bertz CT molecular complexity index is 1130. The molecule has 0 radical (unpaired) electrons. The Morgan fingerprint density at radius 1 is 1.46 bits per heavy atom. The predicted octanol–water partition coefficient (Wildman–Crippen LogP) is 3.42. The maximum absolute atomic E-state index is 11.2. The molecule has 3 rings (SSSR count). The van der Waals surface area contributed by atoms with Gasteiger partial charge >= 0.3 is 0 Å². The number of piperidine rings is 1. The number of aryl methyl sites for hydroxylation is 1. The summed E-state index contributed by atoms with van der Waals surface area (Å²) in [6.07, 6.45) is -8.82. The first-order valence-corrected chi connectivity index (χ1v) is 7.49. The van der Waals surface area contributed by atoms with E-state index < -0.39 is 87.7 Å². The molecule has 0 saturated carbocycles. The molecule has 1 aromatic rings. The van der Waals surface area contributed by atoms with Crippen LogP contribution in [0.2, 0.25) is 0 Å². The standard InChI is InChI=1S/C20H31NO3/c1-20(2,3)11-14-12-21-7-6-13-8-18(23-4)19(24-5)9-15(13)16(21)10-17(14)22/h8-9,14,16-17,22H,6-7,10-12H2,1-5H3/i1D3,2D3,4D3,6D2,7D2,11D2,16D. The van der Waals surface area contributed by atoms with Crippen LogP contribution in [-0.2, 0) is 6.37 Å². The fourth-order valence-corrected chi connectivity index (χ4v) is 3.03. The number of nitrogens with zero attached hydrogens (tertiary/aromatic N) is 1. The molecule has 2 aliphatic rings. The van der Waals surface area contributed by atoms with E-state index in [2.05, 4.69) is 0 Å². The second-order valence-electron chi connectivity index (χ2n) is 6.09. The molecular formula is C20H31NO3. The molecule has 2 heterocycles. The lowest BCUT2D eigenvalue weighted by atomic mass is 9.75. The Kier molecular flexibility index (Phi) is 1.77. The average Bonchev–Trinajstić information content (AvgIpc) is 2.74. The zero-order valence-corrected chi connectivity index (χ0v) is 13.4. The van der Waals surface area contributed by atoms with Gasteiger partial charge in [0.05, 0.1) is 25.7 Å². The quantitative estimate of drug-likeness (QED) is 0.908. The summed E-state index contributed by atoms with van der Waals surface area (Å²) in [7, 11) is -1.82. The third-order valence-corrected chi connectivity index (χ3v) is 4.10. The number of aliphatic hydroxyl groups is 1. The van der Waals surface area contributed by atoms with E-state index in [9.17, 15) is 6.48 Å². The summed E-state index contributed by atoms with van der Waals surface area (Å²) in [4.78, 5) is 0.640. The number of rotatable bonds is 3. The molecule has 24 heavy (non-hydrogen) atoms. The normalized spacial score (nSPS) is 46.6. The number of ether oxygens (including phenoxy) is 2. The molecule has 134 valence electrons. The fraction of sp³-hybridized carbons (Fsp3) is 0.700. The Morgan fingerprint density at radius 3 is 2.96 bits per heavy atom. The number of benzene rings is 1. The fourth-order valence-electron chi connectivity index (χ4n) is 3.03. The van der Waals surface area contributed by atoms with E-state index in [0.29, 0.717) is 11.8 Å². The molecule has 0 amide bonds. The molecule has 0 aliphatic carbocycles. The van der Waals surface area contributed by atoms with Gasteiger partial charge in [0, 0.05) is 35.5 Å². The van der Waals surface area contributed by atoms with Crippen molar-refractivity contribution in [3.05, 3.63) is 23.3 Å². The zero-order valence-electron chi connectivity index (χ0n) is 29.4. The second kappa shape index (κ2) is 6.57. The van der Waals surface area contributed by atoms with E-state index in [1.165, 1.54) is 0 Å². The minimum Gasteiger partial charge on any atom is -0.493 e. The van der Waals surface area contributed by atoms with Crippen molar-refractivity contribution >= 4 is 0 Å². The number of aliphatic hydroxyl groups excluding tert-OH is 1. The Morgan fingerprint density at radius 2 is 2.25 bits per heavy atom. The van der Waals surface area contributed by atoms with Crippen LogP contribution in [0.3, 0.4) is 0 Å². The molecule has 0 aromatic heterocycles. The van der Waals surface area contributed by atoms with Crippen LogP contribution in [0.5, 0.6) is 11.5 Å². The molecule has 1 N–H and O–H groups in total. The molecule has 1 aromatic carbocycles. The summed E-state index contributed by atoms with van der Waals surface area (Å²) in [5.74, 6) is -2.55. The van der Waals surface area contributed by atoms with Gasteiger partial charge in [-0.1, -0.05) is 20.6 Å². The summed E-state index contributed by atoms with van der Waals surface area (Å²) in [5.41, 5.74) is -3.73. The van der Waals surface area contributed by atoms with Crippen LogP contribution in [0, 0.1) is 11.3 Å². The molecule has 4 heteroatoms. The average molecular weight is 350 g/mol. The molecule has 1 fully saturated rings. The first-order chi connectivity index (χ1) is 17.6. The van der Waals surface area contributed by atoms with Gasteiger partial charge in [0.1, 0.15) is 0 Å². The van der Waals surface area contributed by atoms with Crippen LogP contribution in [-0.4, -0.2) is 43.3 Å². The maximum Gasteiger partial charge on any atom is 0.161 e. The first-order valence-electron chi connectivity index (χ1n) is 15.5.